The Morgan fingerprint density at radius 1 is 0.403 bits per heavy atom. The van der Waals surface area contributed by atoms with Gasteiger partial charge in [0.05, 0.1) is 86.6 Å². The van der Waals surface area contributed by atoms with Crippen LogP contribution in [-0.4, -0.2) is 121 Å². The molecule has 13 rings (SSSR count). The number of carbonyl (C=O) groups excluding carboxylic acids is 5. The Kier molecular flexibility index (Phi) is 36.0. The molecule has 11 aromatic carbocycles. The van der Waals surface area contributed by atoms with Gasteiger partial charge in [0, 0.05) is 47.8 Å². The van der Waals surface area contributed by atoms with Crippen molar-refractivity contribution in [1.29, 1.82) is 0 Å². The molecule has 13 aromatic rings. The lowest BCUT2D eigenvalue weighted by atomic mass is 9.98. The van der Waals surface area contributed by atoms with Crippen LogP contribution in [0.2, 0.25) is 0 Å². The molecule has 8 N–H and O–H groups in total. The maximum Gasteiger partial charge on any atom is 0.324 e. The molecule has 0 radical (unpaired) electrons. The molecule has 0 spiro atoms. The smallest absolute Gasteiger partial charge is 0.324 e. The Balaban J connectivity index is 0.000000202. The molecule has 0 amide bonds. The maximum absolute atomic E-state index is 13.0. The molecule has 38 heteroatoms. The first kappa shape index (κ1) is 94.2. The van der Waals surface area contributed by atoms with Gasteiger partial charge >= 0.3 is 58.6 Å². The summed E-state index contributed by atoms with van der Waals surface area (Å²) in [4.78, 5) is 116. The molecule has 0 saturated heterocycles. The number of carboxylic acid groups (broad SMARTS) is 1. The average Bonchev–Trinajstić information content (AvgIpc) is 0.943. The number of rotatable bonds is 25. The number of aromatic nitrogens is 2. The Morgan fingerprint density at radius 3 is 1.14 bits per heavy atom. The number of nitro groups is 4. The number of nitrogens with zero attached hydrogens (tertiary/aromatic N) is 6. The summed E-state index contributed by atoms with van der Waals surface area (Å²) in [6, 6.07) is 66.7. The predicted octanol–water partition coefficient (Wildman–Crippen LogP) is 15.5. The highest BCUT2D eigenvalue weighted by Gasteiger charge is 2.33. The number of fused-ring (bicyclic) bond motifs is 2. The first-order valence-electron chi connectivity index (χ1n) is 36.1. The van der Waals surface area contributed by atoms with Crippen LogP contribution in [0.25, 0.3) is 22.2 Å². The fourth-order valence-electron chi connectivity index (χ4n) is 10.4. The summed E-state index contributed by atoms with van der Waals surface area (Å²) in [5, 5.41) is 84.6. The number of anilines is 5. The Labute approximate surface area is 701 Å². The minimum atomic E-state index is -1.36. The van der Waals surface area contributed by atoms with Crippen molar-refractivity contribution < 1.29 is 120 Å². The fourth-order valence-corrected chi connectivity index (χ4v) is 10.4. The molecule has 0 fully saturated rings. The number of nitrogens with one attached hydrogen (secondary N) is 2. The van der Waals surface area contributed by atoms with Gasteiger partial charge in [-0.05, 0) is 124 Å². The van der Waals surface area contributed by atoms with E-state index in [0.29, 0.717) is 57.2 Å². The topological polar surface area (TPSA) is 523 Å². The Morgan fingerprint density at radius 2 is 0.750 bits per heavy atom. The zero-order valence-electron chi connectivity index (χ0n) is 66.2. The van der Waals surface area contributed by atoms with E-state index in [0.717, 1.165) is 84.2 Å². The Bertz CT molecular complexity index is 5840. The van der Waals surface area contributed by atoms with Gasteiger partial charge < -0.3 is 78.8 Å². The number of phenols is 3. The number of aromatic hydroxyl groups is 3. The van der Waals surface area contributed by atoms with Gasteiger partial charge in [0.15, 0.2) is 40.1 Å². The van der Waals surface area contributed by atoms with E-state index in [4.69, 9.17) is 34.3 Å². The molecule has 642 valence electrons. The normalized spacial score (nSPS) is 10.1. The maximum atomic E-state index is 13.0. The van der Waals surface area contributed by atoms with Crippen LogP contribution >= 0.6 is 0 Å². The van der Waals surface area contributed by atoms with Gasteiger partial charge in [0.25, 0.3) is 12.0 Å². The summed E-state index contributed by atoms with van der Waals surface area (Å²) in [5.74, 6) is -7.51. The summed E-state index contributed by atoms with van der Waals surface area (Å²) in [5.41, 5.74) is 13.2. The quantitative estimate of drug-likeness (QED) is 0.00531. The van der Waals surface area contributed by atoms with E-state index in [1.165, 1.54) is 57.7 Å². The second-order valence-corrected chi connectivity index (χ2v) is 25.2. The van der Waals surface area contributed by atoms with Crippen molar-refractivity contribution in [3.63, 3.8) is 0 Å². The van der Waals surface area contributed by atoms with Crippen LogP contribution in [0.1, 0.15) is 44.9 Å². The Hall–Kier alpha value is -17.0. The average molecular weight is 1710 g/mol. The minimum absolute atomic E-state index is 0.0126. The fraction of sp³-hybridized carbons (Fsp3) is 0.140. The second-order valence-electron chi connectivity index (χ2n) is 25.2. The number of phenolic OH excluding ortho intramolecular Hbond substituents is 3. The third-order valence-corrected chi connectivity index (χ3v) is 16.5. The summed E-state index contributed by atoms with van der Waals surface area (Å²) in [6.07, 6.45) is 0.305. The van der Waals surface area contributed by atoms with Gasteiger partial charge in [-0.25, -0.2) is 8.78 Å². The van der Waals surface area contributed by atoms with E-state index in [1.54, 1.807) is 48.5 Å². The molecule has 0 aliphatic rings. The summed E-state index contributed by atoms with van der Waals surface area (Å²) in [6.45, 7) is 0.247. The lowest BCUT2D eigenvalue weighted by Crippen LogP contribution is -2.24. The van der Waals surface area contributed by atoms with E-state index in [1.807, 2.05) is 121 Å². The van der Waals surface area contributed by atoms with Crippen molar-refractivity contribution in [2.45, 2.75) is 44.8 Å². The van der Waals surface area contributed by atoms with Gasteiger partial charge in [-0.15, -0.1) is 0 Å². The van der Waals surface area contributed by atoms with Crippen molar-refractivity contribution in [2.75, 3.05) is 51.9 Å². The van der Waals surface area contributed by atoms with Gasteiger partial charge in [-0.3, -0.25) is 69.2 Å². The number of benzene rings is 11. The molecule has 0 unspecified atom stereocenters. The highest BCUT2D eigenvalue weighted by atomic mass is 19.1. The number of hydrogen-bond acceptors (Lipinski definition) is 31. The first-order chi connectivity index (χ1) is 59.4. The van der Waals surface area contributed by atoms with Crippen molar-refractivity contribution >= 4 is 110 Å². The van der Waals surface area contributed by atoms with Crippen molar-refractivity contribution in [1.82, 2.24) is 9.97 Å². The molecular formula is C86H77F2N9O27. The van der Waals surface area contributed by atoms with E-state index < -0.39 is 78.3 Å². The number of halogens is 2. The van der Waals surface area contributed by atoms with Crippen LogP contribution in [0, 0.1) is 52.1 Å². The largest absolute Gasteiger partial charge is 0.506 e. The van der Waals surface area contributed by atoms with Crippen LogP contribution in [-0.2, 0) is 91.3 Å². The van der Waals surface area contributed by atoms with E-state index in [-0.39, 0.29) is 90.7 Å². The second kappa shape index (κ2) is 47.4. The lowest BCUT2D eigenvalue weighted by molar-refractivity contribution is -0.386. The number of nitro benzene ring substituents is 4. The first-order valence-corrected chi connectivity index (χ1v) is 36.1. The van der Waals surface area contributed by atoms with Crippen LogP contribution in [0.3, 0.4) is 0 Å². The number of hydrogen-bond donors (Lipinski definition) is 7. The van der Waals surface area contributed by atoms with E-state index >= 15 is 0 Å². The number of ether oxygens (including phenoxy) is 7. The summed E-state index contributed by atoms with van der Waals surface area (Å²) < 4.78 is 70.1. The van der Waals surface area contributed by atoms with Gasteiger partial charge in [-0.1, -0.05) is 127 Å². The predicted molar refractivity (Wildman–Crippen MR) is 442 cm³/mol. The number of nitrogens with two attached hydrogens (primary N) is 1. The number of oxazole rings is 2. The summed E-state index contributed by atoms with van der Waals surface area (Å²) in [7, 11) is 6.21. The molecule has 0 aliphatic carbocycles. The highest BCUT2D eigenvalue weighted by Crippen LogP contribution is 2.35. The third kappa shape index (κ3) is 30.2. The van der Waals surface area contributed by atoms with Crippen molar-refractivity contribution in [2.24, 2.45) is 0 Å². The molecule has 0 aliphatic heterocycles. The molecule has 0 bridgehead atoms. The number of para-hydroxylation sites is 2. The monoisotopic (exact) mass is 1710 g/mol. The number of methoxy groups -OCH3 is 5. The van der Waals surface area contributed by atoms with Crippen LogP contribution < -0.4 is 25.8 Å². The molecule has 0 atom stereocenters. The third-order valence-electron chi connectivity index (χ3n) is 16.5. The van der Waals surface area contributed by atoms with Crippen LogP contribution in [0.4, 0.5) is 60.6 Å². The SMILES string of the molecule is COC(=O)C(C(=O)OC)c1ccc([N+](=O)[O-])c(OCc2ccccc2)c1.COC(=O)Cc1ccc(N)c(O)c1.COC(=O)Cc1ccc([N+](=O)[O-])c(O)c1.COC(=O)Cc1ccc2nc(Nc3ccccc3)oc2c1.O=C(O)Cc1ccc2nc(Nc3ccccc3)oc2c1.O=[N+]([O-])c1ccc(F)cc1O.O=[N+]([O-])c1ccc(F)cc1OCc1ccccc1. The molecular weight excluding hydrogens is 1630 g/mol. The summed E-state index contributed by atoms with van der Waals surface area (Å²) >= 11 is 0. The molecule has 2 heterocycles. The number of aliphatic carboxylic acids is 1. The molecule has 36 nitrogen and oxygen atoms in total. The van der Waals surface area contributed by atoms with Gasteiger partial charge in [-0.2, -0.15) is 9.97 Å². The van der Waals surface area contributed by atoms with E-state index in [2.05, 4.69) is 44.3 Å². The van der Waals surface area contributed by atoms with Crippen LogP contribution in [0.5, 0.6) is 28.7 Å². The van der Waals surface area contributed by atoms with Gasteiger partial charge in [0.2, 0.25) is 0 Å². The van der Waals surface area contributed by atoms with Crippen LogP contribution in [0.15, 0.2) is 258 Å². The zero-order valence-corrected chi connectivity index (χ0v) is 66.2. The standard InChI is InChI=1S/C18H17NO7.C16H14N2O3.C15H12N2O3.C13H10FNO3.C9H9NO5.C9H11NO3.C6H4FNO3/c1-24-17(20)16(18(21)25-2)13-8-9-14(19(22)23)15(10-13)26-11-12-6-4-3-5-7-12;1-20-15(19)10-11-7-8-13-14(9-11)21-16(18-13)17-12-5-3-2-4-6-12;18-14(19)9-10-6-7-12-13(8-10)20-15(17-12)16-11-4-2-1-3-5-11;14-11-6-7-12(15(16)17)13(8-11)18-9-10-4-2-1-3-5-10;1-15-9(12)5-6-2-3-7(10(13)14)8(11)4-6;1-13-9(12)5-6-2-3-7(10)8(11)4-6;7-4-1-2-5(8(10)11)6(9)3-4/h3-10,16H,11H2,1-2H3;2-9H,10H2,1H3,(H,17,18);1-8H,9H2,(H,16,17)(H,18,19);1-8H,9H2;2-4,11H,5H2,1H3;2-4,11H,5,10H2,1H3;1-3,9H. The van der Waals surface area contributed by atoms with Crippen molar-refractivity contribution in [3.8, 4) is 28.7 Å². The molecule has 0 saturated carbocycles. The zero-order chi connectivity index (χ0) is 90.4. The number of esters is 5. The van der Waals surface area contributed by atoms with Crippen molar-refractivity contribution in [3.05, 3.63) is 340 Å². The molecule has 2 aromatic heterocycles. The number of carbonyl (C=O) groups is 6. The number of nitrogen functional groups attached to an aromatic ring is 1. The highest BCUT2D eigenvalue weighted by molar-refractivity contribution is 6.01. The minimum Gasteiger partial charge on any atom is -0.506 e. The van der Waals surface area contributed by atoms with E-state index in [9.17, 15) is 88.2 Å². The van der Waals surface area contributed by atoms with Gasteiger partial charge in [0.1, 0.15) is 41.6 Å². The molecule has 124 heavy (non-hydrogen) atoms. The number of carboxylic acids is 1. The lowest BCUT2D eigenvalue weighted by Gasteiger charge is -2.14.